The van der Waals surface area contributed by atoms with Gasteiger partial charge < -0.3 is 14.2 Å². The van der Waals surface area contributed by atoms with Gasteiger partial charge in [-0.15, -0.1) is 0 Å². The molecule has 0 spiro atoms. The number of nitrogens with one attached hydrogen (secondary N) is 1. The molecule has 10 heteroatoms. The molecule has 1 saturated carbocycles. The second-order valence-corrected chi connectivity index (χ2v) is 11.9. The number of ether oxygens (including phenoxy) is 3. The molecule has 8 nitrogen and oxygen atoms in total. The SMILES string of the molecule is COc1cc(/C=C2/C(=N)N3N=C(C4CCCCC4)SC3=NC2=O)cc(I)c1OCCOc1ccc(C)c(C)c1. The van der Waals surface area contributed by atoms with Crippen LogP contribution in [0, 0.1) is 28.7 Å². The van der Waals surface area contributed by atoms with Crippen molar-refractivity contribution in [1.29, 1.82) is 5.41 Å². The number of thioether (sulfide) groups is 1. The van der Waals surface area contributed by atoms with Gasteiger partial charge in [-0.1, -0.05) is 25.3 Å². The molecule has 1 amide bonds. The topological polar surface area (TPSA) is 96.6 Å². The first-order chi connectivity index (χ1) is 18.8. The molecule has 2 aromatic carbocycles. The van der Waals surface area contributed by atoms with Gasteiger partial charge in [0.05, 0.1) is 16.3 Å². The fourth-order valence-electron chi connectivity index (χ4n) is 4.76. The Morgan fingerprint density at radius 2 is 1.87 bits per heavy atom. The van der Waals surface area contributed by atoms with Gasteiger partial charge >= 0.3 is 0 Å². The minimum absolute atomic E-state index is 0.0427. The third-order valence-corrected chi connectivity index (χ3v) is 8.94. The summed E-state index contributed by atoms with van der Waals surface area (Å²) in [5.74, 6) is 1.94. The molecule has 3 aliphatic rings. The smallest absolute Gasteiger partial charge is 0.283 e. The van der Waals surface area contributed by atoms with Crippen molar-refractivity contribution in [2.75, 3.05) is 20.3 Å². The fraction of sp³-hybridized carbons (Fsp3) is 0.379. The Labute approximate surface area is 246 Å². The summed E-state index contributed by atoms with van der Waals surface area (Å²) in [7, 11) is 1.58. The van der Waals surface area contributed by atoms with Crippen molar-refractivity contribution < 1.29 is 19.0 Å². The van der Waals surface area contributed by atoms with Gasteiger partial charge in [-0.2, -0.15) is 15.1 Å². The highest BCUT2D eigenvalue weighted by molar-refractivity contribution is 14.1. The maximum absolute atomic E-state index is 12.9. The van der Waals surface area contributed by atoms with Crippen molar-refractivity contribution in [3.63, 3.8) is 0 Å². The number of carbonyl (C=O) groups excluding carboxylic acids is 1. The Bertz CT molecular complexity index is 1400. The second kappa shape index (κ2) is 12.1. The lowest BCUT2D eigenvalue weighted by molar-refractivity contribution is -0.114. The van der Waals surface area contributed by atoms with Gasteiger partial charge in [0.25, 0.3) is 5.91 Å². The Morgan fingerprint density at radius 3 is 2.62 bits per heavy atom. The molecule has 2 heterocycles. The van der Waals surface area contributed by atoms with E-state index in [0.717, 1.165) is 27.2 Å². The summed E-state index contributed by atoms with van der Waals surface area (Å²) in [6.07, 6.45) is 7.51. The van der Waals surface area contributed by atoms with Gasteiger partial charge in [0.15, 0.2) is 17.3 Å². The predicted molar refractivity (Wildman–Crippen MR) is 164 cm³/mol. The van der Waals surface area contributed by atoms with Crippen LogP contribution >= 0.6 is 34.4 Å². The summed E-state index contributed by atoms with van der Waals surface area (Å²) < 4.78 is 18.3. The van der Waals surface area contributed by atoms with Gasteiger partial charge in [-0.05, 0) is 108 Å². The number of carbonyl (C=O) groups is 1. The fourth-order valence-corrected chi connectivity index (χ4v) is 6.60. The second-order valence-electron chi connectivity index (χ2n) is 9.77. The lowest BCUT2D eigenvalue weighted by atomic mass is 9.90. The van der Waals surface area contributed by atoms with E-state index in [1.165, 1.54) is 47.2 Å². The number of halogens is 1. The highest BCUT2D eigenvalue weighted by Gasteiger charge is 2.38. The average molecular weight is 659 g/mol. The summed E-state index contributed by atoms with van der Waals surface area (Å²) in [5, 5.41) is 16.3. The zero-order valence-corrected chi connectivity index (χ0v) is 25.2. The molecule has 39 heavy (non-hydrogen) atoms. The van der Waals surface area contributed by atoms with Crippen LogP contribution in [0.4, 0.5) is 0 Å². The van der Waals surface area contributed by atoms with E-state index in [2.05, 4.69) is 46.5 Å². The molecule has 2 aromatic rings. The minimum atomic E-state index is -0.434. The van der Waals surface area contributed by atoms with Crippen molar-refractivity contribution in [3.05, 3.63) is 56.2 Å². The quantitative estimate of drug-likeness (QED) is 0.196. The summed E-state index contributed by atoms with van der Waals surface area (Å²) >= 11 is 3.61. The Morgan fingerprint density at radius 1 is 1.10 bits per heavy atom. The molecule has 0 atom stereocenters. The summed E-state index contributed by atoms with van der Waals surface area (Å²) in [4.78, 5) is 17.2. The van der Waals surface area contributed by atoms with Crippen LogP contribution in [0.1, 0.15) is 48.8 Å². The van der Waals surface area contributed by atoms with E-state index in [-0.39, 0.29) is 11.4 Å². The normalized spacial score (nSPS) is 18.7. The van der Waals surface area contributed by atoms with E-state index in [1.807, 2.05) is 24.3 Å². The van der Waals surface area contributed by atoms with Gasteiger partial charge in [-0.3, -0.25) is 10.2 Å². The van der Waals surface area contributed by atoms with E-state index < -0.39 is 5.91 Å². The molecule has 204 valence electrons. The molecule has 1 N–H and O–H groups in total. The molecule has 0 bridgehead atoms. The Kier molecular flexibility index (Phi) is 8.61. The molecular formula is C29H31IN4O4S. The van der Waals surface area contributed by atoms with Gasteiger partial charge in [-0.25, -0.2) is 0 Å². The number of benzene rings is 2. The number of hydrazone groups is 1. The van der Waals surface area contributed by atoms with Crippen LogP contribution in [-0.4, -0.2) is 47.3 Å². The van der Waals surface area contributed by atoms with E-state index >= 15 is 0 Å². The molecular weight excluding hydrogens is 627 g/mol. The largest absolute Gasteiger partial charge is 0.493 e. The molecule has 0 aromatic heterocycles. The van der Waals surface area contributed by atoms with Crippen LogP contribution in [0.5, 0.6) is 17.2 Å². The third-order valence-electron chi connectivity index (χ3n) is 7.06. The predicted octanol–water partition coefficient (Wildman–Crippen LogP) is 6.57. The molecule has 0 unspecified atom stereocenters. The number of rotatable bonds is 8. The number of fused-ring (bicyclic) bond motifs is 1. The maximum atomic E-state index is 12.9. The Hall–Kier alpha value is -2.86. The van der Waals surface area contributed by atoms with Gasteiger partial charge in [0.2, 0.25) is 5.17 Å². The highest BCUT2D eigenvalue weighted by atomic mass is 127. The molecule has 1 aliphatic carbocycles. The highest BCUT2D eigenvalue weighted by Crippen LogP contribution is 2.38. The van der Waals surface area contributed by atoms with E-state index in [4.69, 9.17) is 19.6 Å². The van der Waals surface area contributed by atoms with Crippen molar-refractivity contribution in [2.45, 2.75) is 46.0 Å². The number of methoxy groups -OCH3 is 1. The van der Waals surface area contributed by atoms with Crippen molar-refractivity contribution in [1.82, 2.24) is 5.01 Å². The maximum Gasteiger partial charge on any atom is 0.283 e. The van der Waals surface area contributed by atoms with E-state index in [0.29, 0.717) is 41.4 Å². The van der Waals surface area contributed by atoms with Gasteiger partial charge in [0.1, 0.15) is 24.0 Å². The molecule has 2 aliphatic heterocycles. The van der Waals surface area contributed by atoms with Crippen molar-refractivity contribution in [2.24, 2.45) is 16.0 Å². The molecule has 1 fully saturated rings. The van der Waals surface area contributed by atoms with E-state index in [1.54, 1.807) is 19.3 Å². The monoisotopic (exact) mass is 658 g/mol. The number of amidine groups is 2. The number of hydrogen-bond acceptors (Lipinski definition) is 7. The molecule has 0 saturated heterocycles. The van der Waals surface area contributed by atoms with E-state index in [9.17, 15) is 4.79 Å². The van der Waals surface area contributed by atoms with Crippen LogP contribution in [0.15, 0.2) is 46.0 Å². The van der Waals surface area contributed by atoms with Crippen LogP contribution in [0.3, 0.4) is 0 Å². The average Bonchev–Trinajstić information content (AvgIpc) is 3.36. The summed E-state index contributed by atoms with van der Waals surface area (Å²) in [5.41, 5.74) is 3.31. The number of aliphatic imine (C=N–C) groups is 1. The molecule has 0 radical (unpaired) electrons. The number of aryl methyl sites for hydroxylation is 2. The number of hydrogen-bond donors (Lipinski definition) is 1. The van der Waals surface area contributed by atoms with Crippen LogP contribution < -0.4 is 14.2 Å². The zero-order valence-electron chi connectivity index (χ0n) is 22.3. The first-order valence-electron chi connectivity index (χ1n) is 13.0. The lowest BCUT2D eigenvalue weighted by Gasteiger charge is -2.20. The minimum Gasteiger partial charge on any atom is -0.493 e. The lowest BCUT2D eigenvalue weighted by Crippen LogP contribution is -2.35. The van der Waals surface area contributed by atoms with Crippen LogP contribution in [-0.2, 0) is 4.79 Å². The molecule has 5 rings (SSSR count). The van der Waals surface area contributed by atoms with Gasteiger partial charge in [0, 0.05) is 5.92 Å². The number of nitrogens with zero attached hydrogens (tertiary/aromatic N) is 3. The summed E-state index contributed by atoms with van der Waals surface area (Å²) in [6.45, 7) is 4.86. The van der Waals surface area contributed by atoms with Crippen LogP contribution in [0.2, 0.25) is 0 Å². The zero-order chi connectivity index (χ0) is 27.5. The summed E-state index contributed by atoms with van der Waals surface area (Å²) in [6, 6.07) is 9.70. The van der Waals surface area contributed by atoms with Crippen molar-refractivity contribution >= 4 is 62.4 Å². The Balaban J connectivity index is 1.29. The van der Waals surface area contributed by atoms with Crippen molar-refractivity contribution in [3.8, 4) is 17.2 Å². The first-order valence-corrected chi connectivity index (χ1v) is 14.9. The number of amides is 1. The van der Waals surface area contributed by atoms with Crippen LogP contribution in [0.25, 0.3) is 6.08 Å². The third kappa shape index (κ3) is 6.16. The first kappa shape index (κ1) is 27.7. The standard InChI is InChI=1S/C29H31IN4O4S/c1-17-9-10-21(13-18(17)2)37-11-12-38-25-23(30)15-19(16-24(25)36-3)14-22-26(31)34-29(32-27(22)35)39-28(33-34)20-7-5-4-6-8-20/h9-10,13-16,20,31H,4-8,11-12H2,1-3H3/b22-14-,31-26?.